The molecule has 3 rings (SSSR count). The molecule has 0 fully saturated rings. The van der Waals surface area contributed by atoms with Crippen molar-refractivity contribution in [3.8, 4) is 16.9 Å². The highest BCUT2D eigenvalue weighted by Gasteiger charge is 2.04. The molecule has 1 heterocycles. The zero-order valence-corrected chi connectivity index (χ0v) is 10.6. The van der Waals surface area contributed by atoms with E-state index in [0.29, 0.717) is 0 Å². The first-order valence-corrected chi connectivity index (χ1v) is 6.13. The fourth-order valence-electron chi connectivity index (χ4n) is 1.91. The van der Waals surface area contributed by atoms with Gasteiger partial charge >= 0.3 is 0 Å². The molecule has 0 radical (unpaired) electrons. The lowest BCUT2D eigenvalue weighted by Gasteiger charge is -2.02. The maximum Gasteiger partial charge on any atom is 0.113 e. The van der Waals surface area contributed by atoms with Gasteiger partial charge in [-0.3, -0.25) is 0 Å². The van der Waals surface area contributed by atoms with Crippen molar-refractivity contribution in [2.24, 2.45) is 0 Å². The molecule has 1 aromatic heterocycles. The second kappa shape index (κ2) is 4.94. The molecule has 0 saturated heterocycles. The Morgan fingerprint density at radius 3 is 2.37 bits per heavy atom. The number of nitrogens with zero attached hydrogens (tertiary/aromatic N) is 3. The third kappa shape index (κ3) is 2.33. The third-order valence-corrected chi connectivity index (χ3v) is 2.98. The van der Waals surface area contributed by atoms with E-state index in [0.717, 1.165) is 22.6 Å². The summed E-state index contributed by atoms with van der Waals surface area (Å²) in [7, 11) is 1.90. The van der Waals surface area contributed by atoms with Crippen molar-refractivity contribution in [1.82, 2.24) is 15.0 Å². The predicted octanol–water partition coefficient (Wildman–Crippen LogP) is 2.98. The van der Waals surface area contributed by atoms with Gasteiger partial charge in [-0.15, -0.1) is 5.10 Å². The van der Waals surface area contributed by atoms with Crippen molar-refractivity contribution in [3.05, 3.63) is 60.8 Å². The molecule has 0 aliphatic carbocycles. The van der Waals surface area contributed by atoms with Crippen molar-refractivity contribution >= 4 is 5.69 Å². The second-order valence-corrected chi connectivity index (χ2v) is 4.21. The minimum absolute atomic E-state index is 0.873. The van der Waals surface area contributed by atoms with E-state index in [1.54, 1.807) is 4.68 Å². The number of rotatable bonds is 3. The number of hydrogen-bond acceptors (Lipinski definition) is 3. The van der Waals surface area contributed by atoms with Gasteiger partial charge in [-0.2, -0.15) is 0 Å². The molecule has 94 valence electrons. The summed E-state index contributed by atoms with van der Waals surface area (Å²) in [6, 6.07) is 18.1. The highest BCUT2D eigenvalue weighted by atomic mass is 15.4. The number of benzene rings is 2. The van der Waals surface area contributed by atoms with E-state index in [1.807, 2.05) is 67.8 Å². The van der Waals surface area contributed by atoms with E-state index < -0.39 is 0 Å². The lowest BCUT2D eigenvalue weighted by atomic mass is 10.2. The fourth-order valence-corrected chi connectivity index (χ4v) is 1.91. The molecule has 0 aliphatic rings. The minimum Gasteiger partial charge on any atom is -0.388 e. The Morgan fingerprint density at radius 2 is 1.68 bits per heavy atom. The van der Waals surface area contributed by atoms with E-state index in [-0.39, 0.29) is 0 Å². The Bertz CT molecular complexity index is 656. The van der Waals surface area contributed by atoms with E-state index in [2.05, 4.69) is 15.6 Å². The predicted molar refractivity (Wildman–Crippen MR) is 76.3 cm³/mol. The standard InChI is InChI=1S/C15H14N4/c1-16-13-7-9-14(10-8-13)19-11-15(17-18-19)12-5-3-2-4-6-12/h2-11,16H,1H3. The maximum atomic E-state index is 4.20. The zero-order valence-electron chi connectivity index (χ0n) is 10.6. The Morgan fingerprint density at radius 1 is 0.947 bits per heavy atom. The highest BCUT2D eigenvalue weighted by molar-refractivity contribution is 5.58. The lowest BCUT2D eigenvalue weighted by Crippen LogP contribution is -1.95. The lowest BCUT2D eigenvalue weighted by molar-refractivity contribution is 0.804. The average Bonchev–Trinajstić information content (AvgIpc) is 2.98. The molecule has 0 atom stereocenters. The largest absolute Gasteiger partial charge is 0.388 e. The van der Waals surface area contributed by atoms with Crippen molar-refractivity contribution in [3.63, 3.8) is 0 Å². The van der Waals surface area contributed by atoms with Crippen LogP contribution >= 0.6 is 0 Å². The van der Waals surface area contributed by atoms with Crippen LogP contribution in [-0.4, -0.2) is 22.0 Å². The summed E-state index contributed by atoms with van der Waals surface area (Å²) in [4.78, 5) is 0. The normalized spacial score (nSPS) is 10.4. The molecule has 19 heavy (non-hydrogen) atoms. The fraction of sp³-hybridized carbons (Fsp3) is 0.0667. The Balaban J connectivity index is 1.92. The van der Waals surface area contributed by atoms with Gasteiger partial charge in [0.15, 0.2) is 0 Å². The molecule has 0 unspecified atom stereocenters. The molecular weight excluding hydrogens is 236 g/mol. The van der Waals surface area contributed by atoms with Crippen LogP contribution in [0.25, 0.3) is 16.9 Å². The van der Waals surface area contributed by atoms with Gasteiger partial charge in [0.2, 0.25) is 0 Å². The van der Waals surface area contributed by atoms with Crippen LogP contribution in [0.5, 0.6) is 0 Å². The maximum absolute atomic E-state index is 4.20. The van der Waals surface area contributed by atoms with E-state index in [1.165, 1.54) is 0 Å². The van der Waals surface area contributed by atoms with Crippen LogP contribution in [0.4, 0.5) is 5.69 Å². The smallest absolute Gasteiger partial charge is 0.113 e. The van der Waals surface area contributed by atoms with Crippen LogP contribution in [0.2, 0.25) is 0 Å². The molecule has 0 spiro atoms. The zero-order chi connectivity index (χ0) is 13.1. The van der Waals surface area contributed by atoms with Gasteiger partial charge in [-0.05, 0) is 24.3 Å². The van der Waals surface area contributed by atoms with E-state index in [9.17, 15) is 0 Å². The van der Waals surface area contributed by atoms with Gasteiger partial charge in [0.25, 0.3) is 0 Å². The number of anilines is 1. The van der Waals surface area contributed by atoms with Crippen molar-refractivity contribution in [1.29, 1.82) is 0 Å². The van der Waals surface area contributed by atoms with Crippen LogP contribution in [0.15, 0.2) is 60.8 Å². The number of nitrogens with one attached hydrogen (secondary N) is 1. The van der Waals surface area contributed by atoms with Crippen LogP contribution in [-0.2, 0) is 0 Å². The summed E-state index contributed by atoms with van der Waals surface area (Å²) in [5.74, 6) is 0. The topological polar surface area (TPSA) is 42.7 Å². The van der Waals surface area contributed by atoms with Crippen LogP contribution in [0.1, 0.15) is 0 Å². The molecule has 0 amide bonds. The molecule has 0 bridgehead atoms. The first-order chi connectivity index (χ1) is 9.36. The van der Waals surface area contributed by atoms with Crippen molar-refractivity contribution in [2.45, 2.75) is 0 Å². The Hall–Kier alpha value is -2.62. The molecule has 2 aromatic carbocycles. The van der Waals surface area contributed by atoms with Crippen molar-refractivity contribution in [2.75, 3.05) is 12.4 Å². The van der Waals surface area contributed by atoms with Gasteiger partial charge in [0, 0.05) is 18.3 Å². The van der Waals surface area contributed by atoms with E-state index >= 15 is 0 Å². The third-order valence-electron chi connectivity index (χ3n) is 2.98. The quantitative estimate of drug-likeness (QED) is 0.777. The molecule has 4 nitrogen and oxygen atoms in total. The molecule has 1 N–H and O–H groups in total. The van der Waals surface area contributed by atoms with Crippen molar-refractivity contribution < 1.29 is 0 Å². The van der Waals surface area contributed by atoms with Gasteiger partial charge in [-0.1, -0.05) is 35.5 Å². The molecule has 0 aliphatic heterocycles. The molecule has 3 aromatic rings. The van der Waals surface area contributed by atoms with Crippen LogP contribution in [0.3, 0.4) is 0 Å². The van der Waals surface area contributed by atoms with Gasteiger partial charge < -0.3 is 5.32 Å². The number of aromatic nitrogens is 3. The summed E-state index contributed by atoms with van der Waals surface area (Å²) in [6.45, 7) is 0. The summed E-state index contributed by atoms with van der Waals surface area (Å²) in [5, 5.41) is 11.5. The van der Waals surface area contributed by atoms with Crippen LogP contribution in [0, 0.1) is 0 Å². The molecular formula is C15H14N4. The minimum atomic E-state index is 0.873. The van der Waals surface area contributed by atoms with Gasteiger partial charge in [0.05, 0.1) is 11.9 Å². The van der Waals surface area contributed by atoms with Gasteiger partial charge in [0.1, 0.15) is 5.69 Å². The second-order valence-electron chi connectivity index (χ2n) is 4.21. The summed E-state index contributed by atoms with van der Waals surface area (Å²) >= 11 is 0. The molecule has 0 saturated carbocycles. The Labute approximate surface area is 111 Å². The van der Waals surface area contributed by atoms with Gasteiger partial charge in [-0.25, -0.2) is 4.68 Å². The molecule has 4 heteroatoms. The SMILES string of the molecule is CNc1ccc(-n2cc(-c3ccccc3)nn2)cc1. The average molecular weight is 250 g/mol. The Kier molecular flexibility index (Phi) is 2.98. The summed E-state index contributed by atoms with van der Waals surface area (Å²) in [6.07, 6.45) is 1.93. The van der Waals surface area contributed by atoms with E-state index in [4.69, 9.17) is 0 Å². The highest BCUT2D eigenvalue weighted by Crippen LogP contribution is 2.18. The first-order valence-electron chi connectivity index (χ1n) is 6.13. The summed E-state index contributed by atoms with van der Waals surface area (Å²) < 4.78 is 1.78. The van der Waals surface area contributed by atoms with Crippen LogP contribution < -0.4 is 5.32 Å². The monoisotopic (exact) mass is 250 g/mol. The first kappa shape index (κ1) is 11.5. The number of hydrogen-bond donors (Lipinski definition) is 1. The summed E-state index contributed by atoms with van der Waals surface area (Å²) in [5.41, 5.74) is 4.01.